The van der Waals surface area contributed by atoms with Crippen molar-refractivity contribution in [1.82, 2.24) is 9.97 Å². The maximum absolute atomic E-state index is 13.6. The molecule has 30 heavy (non-hydrogen) atoms. The normalized spacial score (nSPS) is 12.1. The van der Waals surface area contributed by atoms with Crippen LogP contribution in [0.15, 0.2) is 64.8 Å². The molecule has 2 heterocycles. The zero-order chi connectivity index (χ0) is 21.9. The number of nitrogens with one attached hydrogen (secondary N) is 1. The lowest BCUT2D eigenvalue weighted by atomic mass is 10.1. The van der Waals surface area contributed by atoms with Gasteiger partial charge in [-0.15, -0.1) is 0 Å². The third kappa shape index (κ3) is 6.44. The second-order valence-corrected chi connectivity index (χ2v) is 6.38. The van der Waals surface area contributed by atoms with E-state index in [4.69, 9.17) is 4.84 Å². The van der Waals surface area contributed by atoms with Gasteiger partial charge in [0.05, 0.1) is 17.5 Å². The van der Waals surface area contributed by atoms with Gasteiger partial charge in [-0.1, -0.05) is 18.2 Å². The van der Waals surface area contributed by atoms with Gasteiger partial charge in [-0.3, -0.25) is 14.8 Å². The molecule has 0 atom stereocenters. The first-order chi connectivity index (χ1) is 14.5. The molecule has 8 heteroatoms. The molecule has 0 unspecified atom stereocenters. The summed E-state index contributed by atoms with van der Waals surface area (Å²) in [5.41, 5.74) is 2.87. The van der Waals surface area contributed by atoms with E-state index in [1.807, 2.05) is 19.9 Å². The molecule has 0 saturated carbocycles. The van der Waals surface area contributed by atoms with E-state index in [1.54, 1.807) is 30.6 Å². The first-order valence-corrected chi connectivity index (χ1v) is 9.31. The van der Waals surface area contributed by atoms with Crippen molar-refractivity contribution in [3.8, 4) is 0 Å². The highest BCUT2D eigenvalue weighted by Gasteiger charge is 2.13. The van der Waals surface area contributed by atoms with E-state index >= 15 is 0 Å². The van der Waals surface area contributed by atoms with Crippen LogP contribution in [-0.2, 0) is 4.84 Å². The molecule has 0 radical (unpaired) electrons. The average Bonchev–Trinajstić information content (AvgIpc) is 2.74. The number of amides is 1. The number of hydrogen-bond donors (Lipinski definition) is 1. The molecule has 2 aromatic rings. The summed E-state index contributed by atoms with van der Waals surface area (Å²) in [5, 5.41) is 6.82. The van der Waals surface area contributed by atoms with Gasteiger partial charge in [0.2, 0.25) is 0 Å². The highest BCUT2D eigenvalue weighted by atomic mass is 19.1. The van der Waals surface area contributed by atoms with E-state index in [2.05, 4.69) is 32.2 Å². The molecule has 0 fully saturated rings. The molecule has 0 aliphatic heterocycles. The Bertz CT molecular complexity index is 982. The molecular formula is C22H24FN5O2. The SMILES string of the molecule is C=N/C=C\C=C(/C)CO/N=C(\CC)c1ccc(NC(=O)c2cncc(F)c2C)nc1. The number of rotatable bonds is 9. The Morgan fingerprint density at radius 2 is 2.13 bits per heavy atom. The van der Waals surface area contributed by atoms with Gasteiger partial charge in [0.15, 0.2) is 0 Å². The molecule has 0 spiro atoms. The molecule has 0 bridgehead atoms. The van der Waals surface area contributed by atoms with Crippen LogP contribution in [0.2, 0.25) is 0 Å². The van der Waals surface area contributed by atoms with Crippen molar-refractivity contribution < 1.29 is 14.0 Å². The molecule has 156 valence electrons. The summed E-state index contributed by atoms with van der Waals surface area (Å²) in [5.74, 6) is -0.672. The fourth-order valence-corrected chi connectivity index (χ4v) is 2.40. The van der Waals surface area contributed by atoms with Crippen molar-refractivity contribution >= 4 is 24.2 Å². The lowest BCUT2D eigenvalue weighted by molar-refractivity contribution is 0.102. The first kappa shape index (κ1) is 22.6. The van der Waals surface area contributed by atoms with Crippen LogP contribution in [0, 0.1) is 12.7 Å². The minimum atomic E-state index is -0.534. The standard InChI is InChI=1S/C22H24FN5O2/c1-5-20(28-30-14-15(2)7-6-10-24-4)17-8-9-21(26-11-17)27-22(29)18-12-25-13-19(23)16(18)3/h6-13H,4-5,14H2,1-3H3,(H,26,27,29)/b10-6-,15-7+,28-20+. The Kier molecular flexibility index (Phi) is 8.56. The molecule has 7 nitrogen and oxygen atoms in total. The third-order valence-corrected chi connectivity index (χ3v) is 4.11. The Labute approximate surface area is 175 Å². The lowest BCUT2D eigenvalue weighted by Crippen LogP contribution is -2.15. The van der Waals surface area contributed by atoms with E-state index in [0.717, 1.165) is 23.0 Å². The van der Waals surface area contributed by atoms with Gasteiger partial charge in [-0.25, -0.2) is 9.37 Å². The smallest absolute Gasteiger partial charge is 0.258 e. The molecule has 2 rings (SSSR count). The van der Waals surface area contributed by atoms with E-state index in [-0.39, 0.29) is 11.1 Å². The van der Waals surface area contributed by atoms with Crippen LogP contribution < -0.4 is 5.32 Å². The molecule has 1 N–H and O–H groups in total. The van der Waals surface area contributed by atoms with Gasteiger partial charge < -0.3 is 10.2 Å². The highest BCUT2D eigenvalue weighted by molar-refractivity contribution is 6.05. The second-order valence-electron chi connectivity index (χ2n) is 6.38. The Morgan fingerprint density at radius 3 is 2.80 bits per heavy atom. The van der Waals surface area contributed by atoms with Crippen molar-refractivity contribution in [2.75, 3.05) is 11.9 Å². The predicted octanol–water partition coefficient (Wildman–Crippen LogP) is 4.47. The number of pyridine rings is 2. The number of nitrogens with zero attached hydrogens (tertiary/aromatic N) is 4. The van der Waals surface area contributed by atoms with Crippen LogP contribution in [0.4, 0.5) is 10.2 Å². The quantitative estimate of drug-likeness (QED) is 0.376. The molecule has 0 aliphatic carbocycles. The van der Waals surface area contributed by atoms with Crippen LogP contribution in [0.5, 0.6) is 0 Å². The summed E-state index contributed by atoms with van der Waals surface area (Å²) >= 11 is 0. The number of allylic oxidation sites excluding steroid dienone is 2. The predicted molar refractivity (Wildman–Crippen MR) is 116 cm³/mol. The average molecular weight is 409 g/mol. The zero-order valence-corrected chi connectivity index (χ0v) is 17.2. The maximum Gasteiger partial charge on any atom is 0.258 e. The van der Waals surface area contributed by atoms with Crippen LogP contribution in [0.25, 0.3) is 0 Å². The van der Waals surface area contributed by atoms with Crippen LogP contribution in [0.3, 0.4) is 0 Å². The molecule has 2 aromatic heterocycles. The summed E-state index contributed by atoms with van der Waals surface area (Å²) < 4.78 is 13.6. The summed E-state index contributed by atoms with van der Waals surface area (Å²) in [6, 6.07) is 3.44. The number of carbonyl (C=O) groups excluding carboxylic acids is 1. The fraction of sp³-hybridized carbons (Fsp3) is 0.227. The van der Waals surface area contributed by atoms with Crippen molar-refractivity contribution in [1.29, 1.82) is 0 Å². The second kappa shape index (κ2) is 11.4. The van der Waals surface area contributed by atoms with E-state index in [1.165, 1.54) is 13.1 Å². The minimum Gasteiger partial charge on any atom is -0.391 e. The van der Waals surface area contributed by atoms with Crippen LogP contribution in [0.1, 0.15) is 41.8 Å². The largest absolute Gasteiger partial charge is 0.391 e. The van der Waals surface area contributed by atoms with Crippen LogP contribution in [-0.4, -0.2) is 34.9 Å². The summed E-state index contributed by atoms with van der Waals surface area (Å²) in [6.07, 6.45) is 9.85. The number of aliphatic imine (C=N–C) groups is 1. The number of anilines is 1. The summed E-state index contributed by atoms with van der Waals surface area (Å²) in [6.45, 7) is 9.11. The fourth-order valence-electron chi connectivity index (χ4n) is 2.40. The monoisotopic (exact) mass is 409 g/mol. The number of carbonyl (C=O) groups is 1. The van der Waals surface area contributed by atoms with Crippen molar-refractivity contribution in [3.05, 3.63) is 77.2 Å². The minimum absolute atomic E-state index is 0.159. The number of hydrogen-bond acceptors (Lipinski definition) is 6. The van der Waals surface area contributed by atoms with Crippen molar-refractivity contribution in [2.45, 2.75) is 27.2 Å². The molecule has 0 aliphatic rings. The zero-order valence-electron chi connectivity index (χ0n) is 17.2. The number of aromatic nitrogens is 2. The molecule has 0 saturated heterocycles. The Morgan fingerprint density at radius 1 is 1.33 bits per heavy atom. The van der Waals surface area contributed by atoms with Crippen LogP contribution >= 0.6 is 0 Å². The van der Waals surface area contributed by atoms with Gasteiger partial charge in [-0.05, 0) is 50.8 Å². The van der Waals surface area contributed by atoms with Gasteiger partial charge in [0, 0.05) is 29.7 Å². The highest BCUT2D eigenvalue weighted by Crippen LogP contribution is 2.14. The maximum atomic E-state index is 13.6. The molecule has 0 aromatic carbocycles. The van der Waals surface area contributed by atoms with Gasteiger partial charge in [0.25, 0.3) is 5.91 Å². The topological polar surface area (TPSA) is 88.8 Å². The first-order valence-electron chi connectivity index (χ1n) is 9.31. The number of oxime groups is 1. The van der Waals surface area contributed by atoms with E-state index in [0.29, 0.717) is 18.8 Å². The van der Waals surface area contributed by atoms with Gasteiger partial charge >= 0.3 is 0 Å². The lowest BCUT2D eigenvalue weighted by Gasteiger charge is -2.08. The molecule has 1 amide bonds. The van der Waals surface area contributed by atoms with Crippen molar-refractivity contribution in [3.63, 3.8) is 0 Å². The molecular weight excluding hydrogens is 385 g/mol. The van der Waals surface area contributed by atoms with E-state index < -0.39 is 11.7 Å². The summed E-state index contributed by atoms with van der Waals surface area (Å²) in [7, 11) is 0. The Balaban J connectivity index is 2.03. The number of halogens is 1. The van der Waals surface area contributed by atoms with Gasteiger partial charge in [-0.2, -0.15) is 0 Å². The Hall–Kier alpha value is -3.68. The van der Waals surface area contributed by atoms with Gasteiger partial charge in [0.1, 0.15) is 18.2 Å². The third-order valence-electron chi connectivity index (χ3n) is 4.11. The van der Waals surface area contributed by atoms with Crippen molar-refractivity contribution in [2.24, 2.45) is 10.1 Å². The van der Waals surface area contributed by atoms with E-state index in [9.17, 15) is 9.18 Å². The summed E-state index contributed by atoms with van der Waals surface area (Å²) in [4.78, 5) is 29.3.